The fraction of sp³-hybridized carbons (Fsp3) is 0.364. The van der Waals surface area contributed by atoms with Gasteiger partial charge in [0.05, 0.1) is 12.8 Å². The van der Waals surface area contributed by atoms with E-state index < -0.39 is 34.4 Å². The van der Waals surface area contributed by atoms with Crippen molar-refractivity contribution < 1.29 is 22.5 Å². The van der Waals surface area contributed by atoms with Gasteiger partial charge in [0.25, 0.3) is 0 Å². The van der Waals surface area contributed by atoms with Crippen LogP contribution in [0, 0.1) is 11.6 Å². The number of carbonyl (C=O) groups excluding carboxylic acids is 1. The second-order valence-electron chi connectivity index (χ2n) is 7.99. The number of anilines is 2. The Morgan fingerprint density at radius 3 is 2.60 bits per heavy atom. The molecular formula is C22H27F2N7O3S. The number of amides is 1. The SMILES string of the molecule is COC(=O)N[C@@H](C)CNc1nccc(-c2cn(C(C)C)nc2-c2ccc(F)c(NS(C)=O)c2F)n1. The van der Waals surface area contributed by atoms with Gasteiger partial charge < -0.3 is 20.1 Å². The van der Waals surface area contributed by atoms with E-state index in [9.17, 15) is 13.4 Å². The Bertz CT molecular complexity index is 1240. The van der Waals surface area contributed by atoms with Crippen molar-refractivity contribution in [1.29, 1.82) is 0 Å². The smallest absolute Gasteiger partial charge is 0.407 e. The van der Waals surface area contributed by atoms with Gasteiger partial charge in [-0.25, -0.2) is 27.8 Å². The molecule has 2 aromatic heterocycles. The predicted octanol–water partition coefficient (Wildman–Crippen LogP) is 3.73. The van der Waals surface area contributed by atoms with Crippen molar-refractivity contribution in [2.24, 2.45) is 0 Å². The lowest BCUT2D eigenvalue weighted by molar-refractivity contribution is 0.168. The van der Waals surface area contributed by atoms with Gasteiger partial charge in [-0.3, -0.25) is 4.68 Å². The molecule has 188 valence electrons. The van der Waals surface area contributed by atoms with Crippen molar-refractivity contribution in [3.63, 3.8) is 0 Å². The van der Waals surface area contributed by atoms with Gasteiger partial charge in [-0.15, -0.1) is 0 Å². The lowest BCUT2D eigenvalue weighted by Crippen LogP contribution is -2.37. The number of hydrogen-bond acceptors (Lipinski definition) is 7. The normalized spacial score (nSPS) is 12.8. The summed E-state index contributed by atoms with van der Waals surface area (Å²) in [6.45, 7) is 5.94. The van der Waals surface area contributed by atoms with E-state index >= 15 is 4.39 Å². The Morgan fingerprint density at radius 1 is 1.20 bits per heavy atom. The fourth-order valence-corrected chi connectivity index (χ4v) is 3.64. The third-order valence-electron chi connectivity index (χ3n) is 4.90. The number of alkyl carbamates (subject to hydrolysis) is 1. The Hall–Kier alpha value is -3.61. The molecule has 0 aliphatic rings. The molecular weight excluding hydrogens is 480 g/mol. The Balaban J connectivity index is 2.00. The topological polar surface area (TPSA) is 123 Å². The number of rotatable bonds is 9. The maximum absolute atomic E-state index is 15.3. The largest absolute Gasteiger partial charge is 0.453 e. The highest BCUT2D eigenvalue weighted by atomic mass is 32.2. The van der Waals surface area contributed by atoms with Gasteiger partial charge in [0.2, 0.25) is 5.95 Å². The van der Waals surface area contributed by atoms with Gasteiger partial charge >= 0.3 is 6.09 Å². The minimum Gasteiger partial charge on any atom is -0.453 e. The molecule has 0 aliphatic carbocycles. The van der Waals surface area contributed by atoms with E-state index in [1.54, 1.807) is 23.9 Å². The van der Waals surface area contributed by atoms with Crippen molar-refractivity contribution in [3.05, 3.63) is 42.2 Å². The number of hydrogen-bond donors (Lipinski definition) is 3. The first-order valence-corrected chi connectivity index (χ1v) is 12.3. The molecule has 0 saturated heterocycles. The monoisotopic (exact) mass is 507 g/mol. The highest BCUT2D eigenvalue weighted by Gasteiger charge is 2.23. The van der Waals surface area contributed by atoms with Crippen LogP contribution in [0.1, 0.15) is 26.8 Å². The maximum atomic E-state index is 15.3. The summed E-state index contributed by atoms with van der Waals surface area (Å²) >= 11 is 0. The van der Waals surface area contributed by atoms with Crippen molar-refractivity contribution in [1.82, 2.24) is 25.1 Å². The fourth-order valence-electron chi connectivity index (χ4n) is 3.16. The highest BCUT2D eigenvalue weighted by Crippen LogP contribution is 2.36. The van der Waals surface area contributed by atoms with Crippen LogP contribution in [0.4, 0.5) is 25.2 Å². The lowest BCUT2D eigenvalue weighted by Gasteiger charge is -2.14. The van der Waals surface area contributed by atoms with Gasteiger partial charge in [-0.1, -0.05) is 0 Å². The molecule has 2 atom stereocenters. The number of aromatic nitrogens is 4. The molecule has 0 aliphatic heterocycles. The first-order chi connectivity index (χ1) is 16.6. The molecule has 1 amide bonds. The second kappa shape index (κ2) is 11.2. The zero-order valence-corrected chi connectivity index (χ0v) is 20.7. The zero-order valence-electron chi connectivity index (χ0n) is 19.9. The lowest BCUT2D eigenvalue weighted by atomic mass is 10.0. The number of nitrogens with one attached hydrogen (secondary N) is 3. The minimum atomic E-state index is -1.68. The van der Waals surface area contributed by atoms with Gasteiger partial charge in [-0.2, -0.15) is 5.10 Å². The van der Waals surface area contributed by atoms with Gasteiger partial charge in [0.15, 0.2) is 5.82 Å². The number of halogens is 2. The van der Waals surface area contributed by atoms with Crippen LogP contribution in [0.2, 0.25) is 0 Å². The average Bonchev–Trinajstić information content (AvgIpc) is 3.26. The molecule has 35 heavy (non-hydrogen) atoms. The number of nitrogens with zero attached hydrogens (tertiary/aromatic N) is 4. The van der Waals surface area contributed by atoms with Crippen molar-refractivity contribution >= 4 is 28.7 Å². The van der Waals surface area contributed by atoms with Crippen LogP contribution in [0.3, 0.4) is 0 Å². The molecule has 1 unspecified atom stereocenters. The summed E-state index contributed by atoms with van der Waals surface area (Å²) in [4.78, 5) is 20.1. The Kier molecular flexibility index (Phi) is 8.33. The average molecular weight is 508 g/mol. The molecule has 10 nitrogen and oxygen atoms in total. The van der Waals surface area contributed by atoms with Crippen molar-refractivity contribution in [2.45, 2.75) is 32.9 Å². The van der Waals surface area contributed by atoms with Crippen LogP contribution >= 0.6 is 0 Å². The van der Waals surface area contributed by atoms with E-state index in [0.717, 1.165) is 6.07 Å². The van der Waals surface area contributed by atoms with Crippen molar-refractivity contribution in [3.8, 4) is 22.5 Å². The third kappa shape index (κ3) is 6.29. The van der Waals surface area contributed by atoms with Crippen LogP contribution in [0.25, 0.3) is 22.5 Å². The summed E-state index contributed by atoms with van der Waals surface area (Å²) in [5, 5.41) is 10.2. The van der Waals surface area contributed by atoms with E-state index in [4.69, 9.17) is 0 Å². The van der Waals surface area contributed by atoms with Gasteiger partial charge in [-0.05, 0) is 39.0 Å². The molecule has 1 aromatic carbocycles. The van der Waals surface area contributed by atoms with Crippen LogP contribution in [0.15, 0.2) is 30.6 Å². The molecule has 2 heterocycles. The summed E-state index contributed by atoms with van der Waals surface area (Å²) in [6.07, 6.45) is 3.98. The minimum absolute atomic E-state index is 0.0257. The van der Waals surface area contributed by atoms with Crippen LogP contribution < -0.4 is 15.4 Å². The number of benzene rings is 1. The molecule has 3 aromatic rings. The van der Waals surface area contributed by atoms with E-state index in [1.165, 1.54) is 25.6 Å². The number of methoxy groups -OCH3 is 1. The first-order valence-electron chi connectivity index (χ1n) is 10.7. The van der Waals surface area contributed by atoms with Crippen LogP contribution in [-0.2, 0) is 15.7 Å². The summed E-state index contributed by atoms with van der Waals surface area (Å²) in [5.74, 6) is -1.49. The Morgan fingerprint density at radius 2 is 1.94 bits per heavy atom. The molecule has 3 rings (SSSR count). The van der Waals surface area contributed by atoms with Crippen LogP contribution in [0.5, 0.6) is 0 Å². The van der Waals surface area contributed by atoms with E-state index in [1.807, 2.05) is 13.8 Å². The molecule has 13 heteroatoms. The standard InChI is InChI=1S/C22H27F2N7O3S/c1-12(2)31-11-15(17-8-9-25-21(28-17)26-10-13(3)27-22(32)34-4)19(29-31)14-6-7-16(23)20(18(14)24)30-35(5)33/h6-9,11-13,30H,10H2,1-5H3,(H,27,32)(H,25,26,28)/t13-,35?/m0/s1. The molecule has 0 fully saturated rings. The Labute approximate surface area is 204 Å². The molecule has 0 spiro atoms. The maximum Gasteiger partial charge on any atom is 0.407 e. The molecule has 0 bridgehead atoms. The zero-order chi connectivity index (χ0) is 25.7. The van der Waals surface area contributed by atoms with Crippen molar-refractivity contribution in [2.75, 3.05) is 29.9 Å². The summed E-state index contributed by atoms with van der Waals surface area (Å²) in [5.41, 5.74) is 0.726. The van der Waals surface area contributed by atoms with Crippen LogP contribution in [-0.4, -0.2) is 56.0 Å². The van der Waals surface area contributed by atoms with E-state index in [-0.39, 0.29) is 29.3 Å². The molecule has 0 saturated carbocycles. The third-order valence-corrected chi connectivity index (χ3v) is 5.39. The van der Waals surface area contributed by atoms with Gasteiger partial charge in [0.1, 0.15) is 28.2 Å². The summed E-state index contributed by atoms with van der Waals surface area (Å²) < 4.78 is 49.7. The van der Waals surface area contributed by atoms with E-state index in [0.29, 0.717) is 17.8 Å². The highest BCUT2D eigenvalue weighted by molar-refractivity contribution is 7.85. The number of carbonyl (C=O) groups is 1. The van der Waals surface area contributed by atoms with E-state index in [2.05, 4.69) is 35.2 Å². The molecule has 3 N–H and O–H groups in total. The van der Waals surface area contributed by atoms with Gasteiger partial charge in [0, 0.05) is 48.4 Å². The molecule has 0 radical (unpaired) electrons. The predicted molar refractivity (Wildman–Crippen MR) is 130 cm³/mol. The quantitative estimate of drug-likeness (QED) is 0.403. The summed E-state index contributed by atoms with van der Waals surface area (Å²) in [6, 6.07) is 3.71. The summed E-state index contributed by atoms with van der Waals surface area (Å²) in [7, 11) is -0.398. The number of ether oxygens (including phenoxy) is 1. The first kappa shape index (κ1) is 26.0. The second-order valence-corrected chi connectivity index (χ2v) is 9.10.